The molecule has 1 amide bonds. The van der Waals surface area contributed by atoms with Gasteiger partial charge in [-0.25, -0.2) is 4.39 Å². The number of hydrogen-bond acceptors (Lipinski definition) is 3. The zero-order valence-corrected chi connectivity index (χ0v) is 17.7. The van der Waals surface area contributed by atoms with Crippen LogP contribution < -0.4 is 10.2 Å². The first-order chi connectivity index (χ1) is 14.4. The van der Waals surface area contributed by atoms with Gasteiger partial charge in [-0.2, -0.15) is 0 Å². The lowest BCUT2D eigenvalue weighted by Gasteiger charge is -2.30. The molecule has 6 heteroatoms. The van der Waals surface area contributed by atoms with Crippen LogP contribution in [0.2, 0.25) is 0 Å². The molecular formula is C24H28FN3O2. The van der Waals surface area contributed by atoms with Crippen molar-refractivity contribution in [1.29, 1.82) is 0 Å². The van der Waals surface area contributed by atoms with E-state index >= 15 is 0 Å². The fraction of sp³-hybridized carbons (Fsp3) is 0.375. The number of rotatable bonds is 5. The van der Waals surface area contributed by atoms with Gasteiger partial charge in [-0.15, -0.1) is 0 Å². The Hall–Kier alpha value is -2.86. The van der Waals surface area contributed by atoms with Crippen LogP contribution in [0.3, 0.4) is 0 Å². The molecule has 1 aliphatic heterocycles. The minimum atomic E-state index is -0.248. The predicted molar refractivity (Wildman–Crippen MR) is 118 cm³/mol. The number of anilines is 1. The highest BCUT2D eigenvalue weighted by atomic mass is 19.1. The summed E-state index contributed by atoms with van der Waals surface area (Å²) < 4.78 is 21.2. The van der Waals surface area contributed by atoms with Crippen LogP contribution >= 0.6 is 0 Å². The number of carbonyl (C=O) groups is 1. The monoisotopic (exact) mass is 409 g/mol. The molecule has 1 fully saturated rings. The molecule has 0 aliphatic carbocycles. The average Bonchev–Trinajstić information content (AvgIpc) is 3.03. The number of benzene rings is 2. The topological polar surface area (TPSA) is 46.5 Å². The Morgan fingerprint density at radius 3 is 2.77 bits per heavy atom. The summed E-state index contributed by atoms with van der Waals surface area (Å²) in [6, 6.07) is 10.6. The molecule has 0 saturated carbocycles. The molecule has 0 radical (unpaired) electrons. The second-order valence-corrected chi connectivity index (χ2v) is 8.05. The van der Waals surface area contributed by atoms with Crippen LogP contribution in [0, 0.1) is 12.7 Å². The van der Waals surface area contributed by atoms with Crippen LogP contribution in [-0.4, -0.2) is 42.8 Å². The molecule has 5 nitrogen and oxygen atoms in total. The van der Waals surface area contributed by atoms with Crippen molar-refractivity contribution >= 4 is 22.5 Å². The fourth-order valence-corrected chi connectivity index (χ4v) is 4.31. The molecule has 3 aromatic rings. The number of amides is 1. The van der Waals surface area contributed by atoms with Gasteiger partial charge in [0.15, 0.2) is 0 Å². The summed E-state index contributed by atoms with van der Waals surface area (Å²) in [7, 11) is 1.95. The molecule has 1 saturated heterocycles. The molecule has 1 atom stereocenters. The Labute approximate surface area is 176 Å². The average molecular weight is 410 g/mol. The Balaban J connectivity index is 1.50. The molecule has 1 aliphatic rings. The zero-order valence-electron chi connectivity index (χ0n) is 17.7. The van der Waals surface area contributed by atoms with E-state index in [-0.39, 0.29) is 17.8 Å². The van der Waals surface area contributed by atoms with Crippen molar-refractivity contribution in [1.82, 2.24) is 9.88 Å². The number of nitrogens with one attached hydrogen (secondary N) is 1. The first-order valence-electron chi connectivity index (χ1n) is 10.4. The summed E-state index contributed by atoms with van der Waals surface area (Å²) in [5.74, 6) is -0.330. The van der Waals surface area contributed by atoms with Crippen molar-refractivity contribution in [3.63, 3.8) is 0 Å². The van der Waals surface area contributed by atoms with Gasteiger partial charge in [0.25, 0.3) is 5.91 Å². The van der Waals surface area contributed by atoms with Crippen molar-refractivity contribution in [2.75, 3.05) is 31.2 Å². The second kappa shape index (κ2) is 8.48. The minimum absolute atomic E-state index is 0.0819. The van der Waals surface area contributed by atoms with E-state index in [0.29, 0.717) is 25.2 Å². The normalized spacial score (nSPS) is 15.4. The van der Waals surface area contributed by atoms with Crippen molar-refractivity contribution in [2.24, 2.45) is 7.05 Å². The fourth-order valence-electron chi connectivity index (χ4n) is 4.31. The number of hydrogen-bond donors (Lipinski definition) is 1. The first kappa shape index (κ1) is 20.4. The smallest absolute Gasteiger partial charge is 0.251 e. The third-order valence-corrected chi connectivity index (χ3v) is 5.84. The van der Waals surface area contributed by atoms with Gasteiger partial charge in [0.2, 0.25) is 0 Å². The highest BCUT2D eigenvalue weighted by molar-refractivity contribution is 5.97. The molecule has 0 bridgehead atoms. The Bertz CT molecular complexity index is 1070. The summed E-state index contributed by atoms with van der Waals surface area (Å²) >= 11 is 0. The quantitative estimate of drug-likeness (QED) is 0.697. The van der Waals surface area contributed by atoms with Gasteiger partial charge in [0.1, 0.15) is 5.82 Å². The molecule has 1 aromatic heterocycles. The van der Waals surface area contributed by atoms with Crippen LogP contribution in [0.25, 0.3) is 10.9 Å². The van der Waals surface area contributed by atoms with E-state index in [2.05, 4.69) is 16.3 Å². The number of aryl methyl sites for hydroxylation is 1. The number of fused-ring (bicyclic) bond motifs is 1. The van der Waals surface area contributed by atoms with Gasteiger partial charge in [-0.1, -0.05) is 6.07 Å². The summed E-state index contributed by atoms with van der Waals surface area (Å²) in [5.41, 5.74) is 4.77. The van der Waals surface area contributed by atoms with Crippen molar-refractivity contribution in [2.45, 2.75) is 26.3 Å². The Kier molecular flexibility index (Phi) is 5.77. The summed E-state index contributed by atoms with van der Waals surface area (Å²) in [6.45, 7) is 7.06. The van der Waals surface area contributed by atoms with Crippen LogP contribution in [0.1, 0.15) is 28.4 Å². The summed E-state index contributed by atoms with van der Waals surface area (Å²) in [4.78, 5) is 15.3. The Morgan fingerprint density at radius 1 is 1.23 bits per heavy atom. The summed E-state index contributed by atoms with van der Waals surface area (Å²) in [6.07, 6.45) is 2.64. The standard InChI is InChI=1S/C24H28FN3O2/c1-16(13-18-15-27(3)23-8-7-19(25)14-21(18)23)26-24(29)20-5-4-6-22(17(20)2)28-9-11-30-12-10-28/h4-8,14-16H,9-13H2,1-3H3,(H,26,29)/t16-/m1/s1. The number of halogens is 1. The lowest BCUT2D eigenvalue weighted by atomic mass is 10.0. The SMILES string of the molecule is Cc1c(C(=O)N[C@H](C)Cc2cn(C)c3ccc(F)cc23)cccc1N1CCOCC1. The van der Waals surface area contributed by atoms with E-state index in [1.807, 2.05) is 43.8 Å². The van der Waals surface area contributed by atoms with Gasteiger partial charge in [-0.05, 0) is 61.7 Å². The molecule has 2 aromatic carbocycles. The zero-order chi connectivity index (χ0) is 21.3. The van der Waals surface area contributed by atoms with Crippen LogP contribution in [0.4, 0.5) is 10.1 Å². The van der Waals surface area contributed by atoms with Gasteiger partial charge in [0, 0.05) is 54.5 Å². The highest BCUT2D eigenvalue weighted by Crippen LogP contribution is 2.25. The number of aromatic nitrogens is 1. The maximum atomic E-state index is 13.7. The Morgan fingerprint density at radius 2 is 2.00 bits per heavy atom. The molecule has 1 N–H and O–H groups in total. The van der Waals surface area contributed by atoms with Crippen LogP contribution in [0.15, 0.2) is 42.6 Å². The van der Waals surface area contributed by atoms with Crippen LogP contribution in [-0.2, 0) is 18.2 Å². The van der Waals surface area contributed by atoms with Crippen LogP contribution in [0.5, 0.6) is 0 Å². The molecule has 4 rings (SSSR count). The van der Waals surface area contributed by atoms with Crippen molar-refractivity contribution in [3.05, 3.63) is 65.1 Å². The van der Waals surface area contributed by atoms with E-state index in [0.717, 1.165) is 40.8 Å². The third-order valence-electron chi connectivity index (χ3n) is 5.84. The van der Waals surface area contributed by atoms with E-state index in [1.165, 1.54) is 6.07 Å². The van der Waals surface area contributed by atoms with E-state index in [4.69, 9.17) is 4.74 Å². The lowest BCUT2D eigenvalue weighted by molar-refractivity contribution is 0.0939. The van der Waals surface area contributed by atoms with Crippen molar-refractivity contribution in [3.8, 4) is 0 Å². The molecule has 30 heavy (non-hydrogen) atoms. The number of ether oxygens (including phenoxy) is 1. The second-order valence-electron chi connectivity index (χ2n) is 8.05. The maximum Gasteiger partial charge on any atom is 0.251 e. The van der Waals surface area contributed by atoms with Gasteiger partial charge in [0.05, 0.1) is 13.2 Å². The van der Waals surface area contributed by atoms with Gasteiger partial charge >= 0.3 is 0 Å². The van der Waals surface area contributed by atoms with Crippen molar-refractivity contribution < 1.29 is 13.9 Å². The molecule has 0 unspecified atom stereocenters. The number of carbonyl (C=O) groups excluding carboxylic acids is 1. The highest BCUT2D eigenvalue weighted by Gasteiger charge is 2.19. The maximum absolute atomic E-state index is 13.7. The van der Waals surface area contributed by atoms with E-state index in [9.17, 15) is 9.18 Å². The van der Waals surface area contributed by atoms with E-state index in [1.54, 1.807) is 12.1 Å². The molecular weight excluding hydrogens is 381 g/mol. The predicted octanol–water partition coefficient (Wildman–Crippen LogP) is 3.82. The molecule has 158 valence electrons. The first-order valence-corrected chi connectivity index (χ1v) is 10.4. The van der Waals surface area contributed by atoms with Gasteiger partial charge < -0.3 is 19.5 Å². The lowest BCUT2D eigenvalue weighted by Crippen LogP contribution is -2.37. The number of nitrogens with zero attached hydrogens (tertiary/aromatic N) is 2. The molecule has 0 spiro atoms. The van der Waals surface area contributed by atoms with E-state index < -0.39 is 0 Å². The molecule has 2 heterocycles. The van der Waals surface area contributed by atoms with Gasteiger partial charge in [-0.3, -0.25) is 4.79 Å². The largest absolute Gasteiger partial charge is 0.378 e. The third kappa shape index (κ3) is 4.05. The minimum Gasteiger partial charge on any atom is -0.378 e. The number of morpholine rings is 1. The summed E-state index contributed by atoms with van der Waals surface area (Å²) in [5, 5.41) is 4.01.